The molecule has 5 N–H and O–H groups in total. The molecule has 4 aliphatic carbocycles. The van der Waals surface area contributed by atoms with Crippen molar-refractivity contribution in [2.75, 3.05) is 26.4 Å². The van der Waals surface area contributed by atoms with Crippen LogP contribution in [0.2, 0.25) is 0 Å². The van der Waals surface area contributed by atoms with Gasteiger partial charge in [-0.2, -0.15) is 0 Å². The maximum absolute atomic E-state index is 14.8. The second-order valence-electron chi connectivity index (χ2n) is 19.5. The summed E-state index contributed by atoms with van der Waals surface area (Å²) in [5.74, 6) is -1.76. The van der Waals surface area contributed by atoms with Gasteiger partial charge in [0.05, 0.1) is 42.5 Å². The minimum absolute atomic E-state index is 0.0259. The van der Waals surface area contributed by atoms with Crippen LogP contribution in [0.15, 0.2) is 16.7 Å². The maximum atomic E-state index is 14.8. The van der Waals surface area contributed by atoms with Crippen LogP contribution in [0.25, 0.3) is 0 Å². The van der Waals surface area contributed by atoms with Crippen molar-refractivity contribution in [3.05, 3.63) is 23.7 Å². The number of ether oxygens (including phenoxy) is 4. The summed E-state index contributed by atoms with van der Waals surface area (Å²) in [4.78, 5) is 42.3. The fourth-order valence-corrected chi connectivity index (χ4v) is 15.1. The lowest BCUT2D eigenvalue weighted by Gasteiger charge is -2.68. The normalized spacial score (nSPS) is 50.9. The summed E-state index contributed by atoms with van der Waals surface area (Å²) < 4.78 is 32.0. The summed E-state index contributed by atoms with van der Waals surface area (Å²) in [6.45, 7) is 9.22. The second-order valence-corrected chi connectivity index (χ2v) is 19.5. The molecule has 0 aromatic carbocycles. The third-order valence-electron chi connectivity index (χ3n) is 17.0. The molecule has 15 atom stereocenters. The highest BCUT2D eigenvalue weighted by Gasteiger charge is 2.92. The minimum atomic E-state index is -1.45. The van der Waals surface area contributed by atoms with E-state index in [0.717, 1.165) is 38.9 Å². The Balaban J connectivity index is 1.03. The van der Waals surface area contributed by atoms with Crippen LogP contribution in [0.5, 0.6) is 0 Å². The van der Waals surface area contributed by atoms with Gasteiger partial charge < -0.3 is 49.3 Å². The minimum Gasteiger partial charge on any atom is -0.469 e. The molecule has 6 heterocycles. The number of aliphatic hydroxyl groups is 3. The van der Waals surface area contributed by atoms with Gasteiger partial charge in [-0.25, -0.2) is 4.79 Å². The Hall–Kier alpha value is -2.39. The molecule has 0 unspecified atom stereocenters. The molecule has 5 saturated heterocycles. The molecule has 9 fully saturated rings. The second kappa shape index (κ2) is 11.8. The van der Waals surface area contributed by atoms with Crippen molar-refractivity contribution >= 4 is 17.7 Å². The quantitative estimate of drug-likeness (QED) is 0.202. The zero-order valence-corrected chi connectivity index (χ0v) is 31.8. The molecule has 0 amide bonds. The van der Waals surface area contributed by atoms with E-state index in [-0.39, 0.29) is 48.6 Å². The van der Waals surface area contributed by atoms with E-state index in [0.29, 0.717) is 49.0 Å². The molecule has 13 nitrogen and oxygen atoms in total. The summed E-state index contributed by atoms with van der Waals surface area (Å²) in [6, 6.07) is 2.29. The maximum Gasteiger partial charge on any atom is 0.339 e. The average molecular weight is 753 g/mol. The number of ketones is 1. The first-order chi connectivity index (χ1) is 25.7. The Morgan fingerprint density at radius 2 is 1.72 bits per heavy atom. The van der Waals surface area contributed by atoms with Crippen LogP contribution < -0.4 is 10.6 Å². The molecule has 13 heteroatoms. The van der Waals surface area contributed by atoms with Gasteiger partial charge in [-0.3, -0.25) is 9.59 Å². The van der Waals surface area contributed by atoms with E-state index in [1.807, 2.05) is 26.8 Å². The third kappa shape index (κ3) is 4.33. The summed E-state index contributed by atoms with van der Waals surface area (Å²) >= 11 is 0. The number of nitrogens with one attached hydrogen (secondary N) is 2. The lowest BCUT2D eigenvalue weighted by Crippen LogP contribution is -2.77. The van der Waals surface area contributed by atoms with Crippen molar-refractivity contribution in [1.82, 2.24) is 10.6 Å². The first-order valence-corrected chi connectivity index (χ1v) is 20.5. The largest absolute Gasteiger partial charge is 0.469 e. The third-order valence-corrected chi connectivity index (χ3v) is 17.0. The fourth-order valence-electron chi connectivity index (χ4n) is 15.1. The van der Waals surface area contributed by atoms with E-state index < -0.39 is 75.8 Å². The van der Waals surface area contributed by atoms with Crippen LogP contribution in [-0.2, 0) is 39.8 Å². The molecule has 10 rings (SSSR count). The topological polar surface area (TPSA) is 189 Å². The summed E-state index contributed by atoms with van der Waals surface area (Å²) in [6.07, 6.45) is 2.88. The zero-order chi connectivity index (χ0) is 37.7. The van der Waals surface area contributed by atoms with Gasteiger partial charge >= 0.3 is 11.9 Å². The first-order valence-electron chi connectivity index (χ1n) is 20.5. The van der Waals surface area contributed by atoms with Crippen LogP contribution in [0.1, 0.15) is 90.1 Å². The Bertz CT molecular complexity index is 1730. The number of hydrogen-bond acceptors (Lipinski definition) is 13. The summed E-state index contributed by atoms with van der Waals surface area (Å²) in [7, 11) is 0. The monoisotopic (exact) mass is 752 g/mol. The van der Waals surface area contributed by atoms with Crippen LogP contribution in [-0.4, -0.2) is 101 Å². The number of esters is 2. The SMILES string of the molecule is CC1(C)O[C@H]2[C@@H]3CC[C@@H]4C[C@@]5(C)[C@H](c6ccoc6C[C@@H](C6CCC([C@@H]7CNCN7)CC6)[C@H](O)CO)OC(=O)[C@H]6O[C@]65[C@]5(C)[C@H](O)C(=O)[C@H]1[C@@]2(COC3=O)[C@@H]45. The number of hydrogen-bond donors (Lipinski definition) is 5. The van der Waals surface area contributed by atoms with Gasteiger partial charge in [0.15, 0.2) is 11.9 Å². The van der Waals surface area contributed by atoms with Gasteiger partial charge in [-0.1, -0.05) is 13.8 Å². The number of carbonyl (C=O) groups excluding carboxylic acids is 3. The highest BCUT2D eigenvalue weighted by atomic mass is 16.7. The molecule has 9 aliphatic rings. The number of carbonyl (C=O) groups is 3. The number of furan rings is 1. The van der Waals surface area contributed by atoms with Crippen molar-refractivity contribution in [1.29, 1.82) is 0 Å². The molecule has 0 radical (unpaired) electrons. The van der Waals surface area contributed by atoms with Gasteiger partial charge in [0.1, 0.15) is 30.2 Å². The zero-order valence-electron chi connectivity index (χ0n) is 31.8. The lowest BCUT2D eigenvalue weighted by molar-refractivity contribution is -0.266. The molecule has 1 aromatic heterocycles. The van der Waals surface area contributed by atoms with Crippen molar-refractivity contribution in [2.45, 2.75) is 127 Å². The number of aliphatic hydroxyl groups excluding tert-OH is 3. The molecule has 4 saturated carbocycles. The Labute approximate surface area is 315 Å². The van der Waals surface area contributed by atoms with Crippen LogP contribution in [0, 0.1) is 57.7 Å². The van der Waals surface area contributed by atoms with E-state index in [9.17, 15) is 29.7 Å². The van der Waals surface area contributed by atoms with E-state index in [1.54, 1.807) is 6.26 Å². The molecular formula is C41H56N2O11. The van der Waals surface area contributed by atoms with Gasteiger partial charge in [-0.15, -0.1) is 0 Å². The van der Waals surface area contributed by atoms with Gasteiger partial charge in [0.25, 0.3) is 0 Å². The lowest BCUT2D eigenvalue weighted by atomic mass is 9.34. The van der Waals surface area contributed by atoms with Crippen molar-refractivity contribution in [2.24, 2.45) is 57.7 Å². The summed E-state index contributed by atoms with van der Waals surface area (Å²) in [5.41, 5.74) is -4.51. The highest BCUT2D eigenvalue weighted by Crippen LogP contribution is 2.82. The van der Waals surface area contributed by atoms with Gasteiger partial charge in [-0.05, 0) is 94.4 Å². The smallest absolute Gasteiger partial charge is 0.339 e. The fraction of sp³-hybridized carbons (Fsp3) is 0.829. The molecule has 2 spiro atoms. The number of Topliss-reactive ketones (excluding diaryl/α,β-unsaturated/α-hetero) is 1. The van der Waals surface area contributed by atoms with Gasteiger partial charge in [0, 0.05) is 47.5 Å². The molecular weight excluding hydrogens is 696 g/mol. The Kier molecular flexibility index (Phi) is 7.88. The number of epoxide rings is 1. The Morgan fingerprint density at radius 1 is 0.963 bits per heavy atom. The molecule has 1 aromatic rings. The van der Waals surface area contributed by atoms with Crippen LogP contribution >= 0.6 is 0 Å². The van der Waals surface area contributed by atoms with E-state index >= 15 is 0 Å². The average Bonchev–Trinajstić information content (AvgIpc) is 3.40. The molecule has 296 valence electrons. The molecule has 2 bridgehead atoms. The van der Waals surface area contributed by atoms with Crippen LogP contribution in [0.3, 0.4) is 0 Å². The van der Waals surface area contributed by atoms with E-state index in [4.69, 9.17) is 23.4 Å². The van der Waals surface area contributed by atoms with Crippen molar-refractivity contribution in [3.8, 4) is 0 Å². The first kappa shape index (κ1) is 36.0. The van der Waals surface area contributed by atoms with E-state index in [1.165, 1.54) is 0 Å². The predicted molar refractivity (Wildman–Crippen MR) is 188 cm³/mol. The highest BCUT2D eigenvalue weighted by molar-refractivity contribution is 5.92. The number of cyclic esters (lactones) is 2. The molecule has 54 heavy (non-hydrogen) atoms. The van der Waals surface area contributed by atoms with Crippen LogP contribution in [0.4, 0.5) is 0 Å². The standard InChI is InChI=1S/C41H56N2O11/c1-37(2)30-28(46)31(47)39(4)29-21(9-10-23-33(53-37)40(29,30)17-51-35(23)48)14-38(3)32(52-36(49)34-41(38,39)54-34)22-11-12-50-27(22)13-24(26(45)16-44)19-5-7-20(8-6-19)25-15-42-18-43-25/h11-12,19-21,23-26,29-34,42-45,47H,5-10,13-18H2,1-4H3/t19?,20?,21-,23+,24+,25+,26-,29+,30-,31-,32+,33+,34-,38+,39+,40-,41-/m1/s1. The van der Waals surface area contributed by atoms with Gasteiger partial charge in [0.2, 0.25) is 0 Å². The van der Waals surface area contributed by atoms with E-state index in [2.05, 4.69) is 17.6 Å². The molecule has 5 aliphatic heterocycles. The Morgan fingerprint density at radius 3 is 2.44 bits per heavy atom. The van der Waals surface area contributed by atoms with Crippen molar-refractivity contribution in [3.63, 3.8) is 0 Å². The van der Waals surface area contributed by atoms with Crippen molar-refractivity contribution < 1.29 is 53.1 Å². The number of rotatable bonds is 7. The predicted octanol–water partition coefficient (Wildman–Crippen LogP) is 2.19. The summed E-state index contributed by atoms with van der Waals surface area (Å²) in [5, 5.41) is 41.0.